The van der Waals surface area contributed by atoms with Crippen molar-refractivity contribution in [3.63, 3.8) is 0 Å². The van der Waals surface area contributed by atoms with Gasteiger partial charge in [0.05, 0.1) is 25.1 Å². The summed E-state index contributed by atoms with van der Waals surface area (Å²) in [6.07, 6.45) is 0.633. The molecule has 1 aromatic heterocycles. The van der Waals surface area contributed by atoms with Crippen molar-refractivity contribution in [2.75, 3.05) is 63.2 Å². The zero-order valence-corrected chi connectivity index (χ0v) is 25.0. The van der Waals surface area contributed by atoms with Gasteiger partial charge in [0.15, 0.2) is 0 Å². The number of nitrogens with one attached hydrogen (secondary N) is 1. The van der Waals surface area contributed by atoms with Gasteiger partial charge in [-0.15, -0.1) is 0 Å². The van der Waals surface area contributed by atoms with Gasteiger partial charge in [0, 0.05) is 74.6 Å². The second-order valence-corrected chi connectivity index (χ2v) is 11.5. The molecule has 0 aliphatic carbocycles. The van der Waals surface area contributed by atoms with Crippen LogP contribution in [-0.2, 0) is 11.3 Å². The highest BCUT2D eigenvalue weighted by molar-refractivity contribution is 6.07. The van der Waals surface area contributed by atoms with Crippen LogP contribution in [0.5, 0.6) is 5.75 Å². The van der Waals surface area contributed by atoms with Gasteiger partial charge in [0.25, 0.3) is 17.4 Å². The Morgan fingerprint density at radius 2 is 1.61 bits per heavy atom. The number of pyridine rings is 1. The van der Waals surface area contributed by atoms with Gasteiger partial charge in [-0.05, 0) is 67.8 Å². The van der Waals surface area contributed by atoms with E-state index in [2.05, 4.69) is 10.2 Å². The van der Waals surface area contributed by atoms with E-state index in [1.807, 2.05) is 22.8 Å². The SMILES string of the molecule is CCOC(=O)N1CCN(C(=O)c2ccc(N3CC4CC(C3)c3cccc(=O)n3C4)c(NC(=O)c3ccc(OC)cc3)c2)CC1. The molecule has 2 unspecified atom stereocenters. The Hall–Kier alpha value is -4.80. The number of fused-ring (bicyclic) bond motifs is 4. The van der Waals surface area contributed by atoms with Crippen molar-refractivity contribution in [1.29, 1.82) is 0 Å². The predicted molar refractivity (Wildman–Crippen MR) is 166 cm³/mol. The van der Waals surface area contributed by atoms with Crippen LogP contribution in [0.1, 0.15) is 45.7 Å². The van der Waals surface area contributed by atoms with Crippen LogP contribution in [0.3, 0.4) is 0 Å². The number of carbonyl (C=O) groups is 3. The molecule has 2 bridgehead atoms. The summed E-state index contributed by atoms with van der Waals surface area (Å²) in [5.41, 5.74) is 3.37. The minimum atomic E-state index is -0.369. The molecule has 11 heteroatoms. The normalized spacial score (nSPS) is 19.2. The topological polar surface area (TPSA) is 113 Å². The Balaban J connectivity index is 1.27. The summed E-state index contributed by atoms with van der Waals surface area (Å²) in [4.78, 5) is 57.3. The van der Waals surface area contributed by atoms with Crippen LogP contribution in [0.15, 0.2) is 65.5 Å². The number of benzene rings is 2. The van der Waals surface area contributed by atoms with Crippen molar-refractivity contribution in [3.05, 3.63) is 87.8 Å². The van der Waals surface area contributed by atoms with Crippen LogP contribution in [0.25, 0.3) is 0 Å². The number of piperidine rings is 1. The molecule has 2 saturated heterocycles. The number of ether oxygens (including phenoxy) is 2. The molecule has 3 aliphatic heterocycles. The number of methoxy groups -OCH3 is 1. The molecule has 44 heavy (non-hydrogen) atoms. The fourth-order valence-corrected chi connectivity index (χ4v) is 6.56. The molecule has 3 aromatic rings. The molecule has 11 nitrogen and oxygen atoms in total. The number of hydrogen-bond acceptors (Lipinski definition) is 7. The van der Waals surface area contributed by atoms with Gasteiger partial charge in [0.1, 0.15) is 5.75 Å². The number of amides is 3. The molecule has 1 N–H and O–H groups in total. The van der Waals surface area contributed by atoms with Gasteiger partial charge in [-0.25, -0.2) is 4.79 Å². The fraction of sp³-hybridized carbons (Fsp3) is 0.394. The zero-order chi connectivity index (χ0) is 30.8. The van der Waals surface area contributed by atoms with E-state index in [0.29, 0.717) is 68.4 Å². The van der Waals surface area contributed by atoms with E-state index in [4.69, 9.17) is 9.47 Å². The van der Waals surface area contributed by atoms with Crippen molar-refractivity contribution in [3.8, 4) is 5.75 Å². The monoisotopic (exact) mass is 599 g/mol. The molecule has 6 rings (SSSR count). The van der Waals surface area contributed by atoms with Gasteiger partial charge >= 0.3 is 6.09 Å². The third-order valence-corrected chi connectivity index (χ3v) is 8.76. The van der Waals surface area contributed by atoms with Crippen LogP contribution >= 0.6 is 0 Å². The highest BCUT2D eigenvalue weighted by atomic mass is 16.6. The lowest BCUT2D eigenvalue weighted by atomic mass is 9.83. The van der Waals surface area contributed by atoms with E-state index in [-0.39, 0.29) is 35.3 Å². The first-order valence-corrected chi connectivity index (χ1v) is 15.1. The summed E-state index contributed by atoms with van der Waals surface area (Å²) in [6, 6.07) is 17.8. The van der Waals surface area contributed by atoms with Crippen molar-refractivity contribution >= 4 is 29.3 Å². The highest BCUT2D eigenvalue weighted by Gasteiger charge is 2.35. The molecule has 2 aromatic carbocycles. The van der Waals surface area contributed by atoms with Gasteiger partial charge in [0.2, 0.25) is 0 Å². The molecule has 0 saturated carbocycles. The summed E-state index contributed by atoms with van der Waals surface area (Å²) in [7, 11) is 1.57. The van der Waals surface area contributed by atoms with Gasteiger partial charge < -0.3 is 34.1 Å². The Kier molecular flexibility index (Phi) is 8.28. The first-order chi connectivity index (χ1) is 21.3. The summed E-state index contributed by atoms with van der Waals surface area (Å²) >= 11 is 0. The maximum atomic E-state index is 13.6. The van der Waals surface area contributed by atoms with Crippen molar-refractivity contribution in [2.45, 2.75) is 25.8 Å². The second kappa shape index (κ2) is 12.4. The first-order valence-electron chi connectivity index (χ1n) is 15.1. The van der Waals surface area contributed by atoms with E-state index in [1.165, 1.54) is 0 Å². The molecule has 3 amide bonds. The molecule has 4 heterocycles. The summed E-state index contributed by atoms with van der Waals surface area (Å²) < 4.78 is 12.2. The number of aromatic nitrogens is 1. The molecule has 2 fully saturated rings. The maximum Gasteiger partial charge on any atom is 0.409 e. The summed E-state index contributed by atoms with van der Waals surface area (Å²) in [5, 5.41) is 3.07. The average Bonchev–Trinajstić information content (AvgIpc) is 3.05. The lowest BCUT2D eigenvalue weighted by molar-refractivity contribution is 0.0570. The standard InChI is InChI=1S/C33H37N5O6/c1-3-44-33(42)36-15-13-35(14-16-36)32(41)24-9-12-29(27(18-24)34-31(40)23-7-10-26(43-2)11-8-23)37-19-22-17-25(21-37)28-5-4-6-30(39)38(28)20-22/h4-12,18,22,25H,3,13-17,19-21H2,1-2H3,(H,34,40). The van der Waals surface area contributed by atoms with Crippen LogP contribution in [0, 0.1) is 5.92 Å². The van der Waals surface area contributed by atoms with Gasteiger partial charge in [-0.3, -0.25) is 14.4 Å². The molecule has 230 valence electrons. The van der Waals surface area contributed by atoms with Crippen LogP contribution < -0.4 is 20.5 Å². The molecule has 3 aliphatic rings. The van der Waals surface area contributed by atoms with Crippen molar-refractivity contribution < 1.29 is 23.9 Å². The minimum absolute atomic E-state index is 0.0315. The van der Waals surface area contributed by atoms with Crippen LogP contribution in [-0.4, -0.2) is 85.3 Å². The largest absolute Gasteiger partial charge is 0.497 e. The Morgan fingerprint density at radius 1 is 0.886 bits per heavy atom. The maximum absolute atomic E-state index is 13.6. The molecule has 0 spiro atoms. The summed E-state index contributed by atoms with van der Waals surface area (Å²) in [6.45, 7) is 5.71. The average molecular weight is 600 g/mol. The Labute approximate surface area is 255 Å². The third kappa shape index (κ3) is 5.86. The van der Waals surface area contributed by atoms with E-state index in [1.54, 1.807) is 66.3 Å². The molecule has 2 atom stereocenters. The third-order valence-electron chi connectivity index (χ3n) is 8.76. The highest BCUT2D eigenvalue weighted by Crippen LogP contribution is 2.39. The van der Waals surface area contributed by atoms with Crippen molar-refractivity contribution in [2.24, 2.45) is 5.92 Å². The molecular weight excluding hydrogens is 562 g/mol. The van der Waals surface area contributed by atoms with E-state index in [9.17, 15) is 19.2 Å². The number of piperazine rings is 1. The van der Waals surface area contributed by atoms with E-state index in [0.717, 1.165) is 24.3 Å². The van der Waals surface area contributed by atoms with Gasteiger partial charge in [-0.2, -0.15) is 0 Å². The van der Waals surface area contributed by atoms with E-state index < -0.39 is 0 Å². The zero-order valence-electron chi connectivity index (χ0n) is 25.0. The second-order valence-electron chi connectivity index (χ2n) is 11.5. The Morgan fingerprint density at radius 3 is 2.34 bits per heavy atom. The minimum Gasteiger partial charge on any atom is -0.497 e. The molecular formula is C33H37N5O6. The fourth-order valence-electron chi connectivity index (χ4n) is 6.56. The van der Waals surface area contributed by atoms with Crippen LogP contribution in [0.2, 0.25) is 0 Å². The predicted octanol–water partition coefficient (Wildman–Crippen LogP) is 3.65. The smallest absolute Gasteiger partial charge is 0.409 e. The summed E-state index contributed by atoms with van der Waals surface area (Å²) in [5.74, 6) is 0.652. The van der Waals surface area contributed by atoms with Crippen LogP contribution in [0.4, 0.5) is 16.2 Å². The van der Waals surface area contributed by atoms with E-state index >= 15 is 0 Å². The number of carbonyl (C=O) groups excluding carboxylic acids is 3. The number of nitrogens with zero attached hydrogens (tertiary/aromatic N) is 4. The van der Waals surface area contributed by atoms with Gasteiger partial charge in [-0.1, -0.05) is 6.07 Å². The quantitative estimate of drug-likeness (QED) is 0.460. The lowest BCUT2D eigenvalue weighted by Crippen LogP contribution is -2.50. The van der Waals surface area contributed by atoms with Crippen molar-refractivity contribution in [1.82, 2.24) is 14.4 Å². The number of rotatable bonds is 6. The number of hydrogen-bond donors (Lipinski definition) is 1. The Bertz CT molecular complexity index is 1610. The number of anilines is 2. The molecule has 0 radical (unpaired) electrons. The lowest BCUT2D eigenvalue weighted by Gasteiger charge is -2.44. The first kappa shape index (κ1) is 29.3.